The molecule has 0 bridgehead atoms. The predicted molar refractivity (Wildman–Crippen MR) is 71.4 cm³/mol. The average molecular weight is 269 g/mol. The summed E-state index contributed by atoms with van der Waals surface area (Å²) in [7, 11) is 3.35. The molecule has 1 saturated heterocycles. The van der Waals surface area contributed by atoms with Crippen LogP contribution in [0.25, 0.3) is 0 Å². The number of ether oxygens (including phenoxy) is 1. The molecule has 1 aliphatic rings. The van der Waals surface area contributed by atoms with Gasteiger partial charge in [-0.3, -0.25) is 4.79 Å². The monoisotopic (exact) mass is 268 g/mol. The number of hydrogen-bond donors (Lipinski definition) is 1. The van der Waals surface area contributed by atoms with Crippen molar-refractivity contribution in [2.24, 2.45) is 0 Å². The molecule has 0 spiro atoms. The van der Waals surface area contributed by atoms with E-state index in [0.29, 0.717) is 16.3 Å². The molecule has 2 rings (SSSR count). The summed E-state index contributed by atoms with van der Waals surface area (Å²) in [5, 5.41) is 3.67. The van der Waals surface area contributed by atoms with Crippen LogP contribution in [0.15, 0.2) is 18.2 Å². The third kappa shape index (κ3) is 2.44. The van der Waals surface area contributed by atoms with Crippen molar-refractivity contribution in [3.63, 3.8) is 0 Å². The second kappa shape index (κ2) is 5.59. The van der Waals surface area contributed by atoms with Gasteiger partial charge < -0.3 is 15.0 Å². The Hall–Kier alpha value is -1.26. The highest BCUT2D eigenvalue weighted by atomic mass is 35.5. The SMILES string of the molecule is COc1cccc(Cl)c1C(=O)N(C)C1CCNC1. The minimum absolute atomic E-state index is 0.0915. The highest BCUT2D eigenvalue weighted by Gasteiger charge is 2.27. The van der Waals surface area contributed by atoms with Crippen LogP contribution in [0.3, 0.4) is 0 Å². The first kappa shape index (κ1) is 13.2. The van der Waals surface area contributed by atoms with E-state index in [-0.39, 0.29) is 11.9 Å². The molecular weight excluding hydrogens is 252 g/mol. The number of hydrogen-bond acceptors (Lipinski definition) is 3. The van der Waals surface area contributed by atoms with Gasteiger partial charge in [0, 0.05) is 19.6 Å². The highest BCUT2D eigenvalue weighted by molar-refractivity contribution is 6.34. The van der Waals surface area contributed by atoms with Crippen LogP contribution in [0.4, 0.5) is 0 Å². The minimum Gasteiger partial charge on any atom is -0.496 e. The summed E-state index contributed by atoms with van der Waals surface area (Å²) in [5.74, 6) is 0.427. The minimum atomic E-state index is -0.0915. The fourth-order valence-corrected chi connectivity index (χ4v) is 2.44. The van der Waals surface area contributed by atoms with Crippen LogP contribution in [0, 0.1) is 0 Å². The molecule has 18 heavy (non-hydrogen) atoms. The van der Waals surface area contributed by atoms with Gasteiger partial charge >= 0.3 is 0 Å². The lowest BCUT2D eigenvalue weighted by molar-refractivity contribution is 0.0740. The van der Waals surface area contributed by atoms with Gasteiger partial charge in [-0.25, -0.2) is 0 Å². The zero-order valence-electron chi connectivity index (χ0n) is 10.6. The largest absolute Gasteiger partial charge is 0.496 e. The molecule has 1 fully saturated rings. The number of likely N-dealkylation sites (N-methyl/N-ethyl adjacent to an activating group) is 1. The second-order valence-corrected chi connectivity index (χ2v) is 4.79. The van der Waals surface area contributed by atoms with Gasteiger partial charge in [0.05, 0.1) is 12.1 Å². The van der Waals surface area contributed by atoms with Crippen LogP contribution in [0.2, 0.25) is 5.02 Å². The summed E-state index contributed by atoms with van der Waals surface area (Å²) in [6, 6.07) is 5.45. The molecule has 0 radical (unpaired) electrons. The van der Waals surface area contributed by atoms with E-state index < -0.39 is 0 Å². The molecule has 5 heteroatoms. The van der Waals surface area contributed by atoms with Crippen LogP contribution in [-0.4, -0.2) is 44.1 Å². The fourth-order valence-electron chi connectivity index (χ4n) is 2.19. The fraction of sp³-hybridized carbons (Fsp3) is 0.462. The van der Waals surface area contributed by atoms with Crippen molar-refractivity contribution in [2.75, 3.05) is 27.2 Å². The molecule has 1 heterocycles. The van der Waals surface area contributed by atoms with E-state index in [1.165, 1.54) is 0 Å². The summed E-state index contributed by atoms with van der Waals surface area (Å²) in [6.07, 6.45) is 0.967. The van der Waals surface area contributed by atoms with Crippen LogP contribution < -0.4 is 10.1 Å². The molecular formula is C13H17ClN2O2. The zero-order chi connectivity index (χ0) is 13.1. The molecule has 0 aliphatic carbocycles. The van der Waals surface area contributed by atoms with Gasteiger partial charge in [-0.2, -0.15) is 0 Å². The van der Waals surface area contributed by atoms with E-state index >= 15 is 0 Å². The first-order chi connectivity index (χ1) is 8.65. The van der Waals surface area contributed by atoms with E-state index in [1.54, 1.807) is 30.2 Å². The van der Waals surface area contributed by atoms with Crippen LogP contribution >= 0.6 is 11.6 Å². The molecule has 1 N–H and O–H groups in total. The lowest BCUT2D eigenvalue weighted by Gasteiger charge is -2.25. The Morgan fingerprint density at radius 3 is 2.94 bits per heavy atom. The Bertz CT molecular complexity index is 445. The van der Waals surface area contributed by atoms with Crippen LogP contribution in [-0.2, 0) is 0 Å². The van der Waals surface area contributed by atoms with Gasteiger partial charge in [0.15, 0.2) is 0 Å². The molecule has 4 nitrogen and oxygen atoms in total. The predicted octanol–water partition coefficient (Wildman–Crippen LogP) is 1.78. The number of nitrogens with zero attached hydrogens (tertiary/aromatic N) is 1. The van der Waals surface area contributed by atoms with Gasteiger partial charge in [0.2, 0.25) is 0 Å². The molecule has 0 saturated carbocycles. The zero-order valence-corrected chi connectivity index (χ0v) is 11.3. The standard InChI is InChI=1S/C13H17ClN2O2/c1-16(9-6-7-15-8-9)13(17)12-10(14)4-3-5-11(12)18-2/h3-5,9,15H,6-8H2,1-2H3. The molecule has 1 aliphatic heterocycles. The number of rotatable bonds is 3. The molecule has 0 aromatic heterocycles. The summed E-state index contributed by atoms with van der Waals surface area (Å²) in [5.41, 5.74) is 0.441. The van der Waals surface area contributed by atoms with Crippen LogP contribution in [0.1, 0.15) is 16.8 Å². The maximum atomic E-state index is 12.5. The van der Waals surface area contributed by atoms with Crippen molar-refractivity contribution in [1.82, 2.24) is 10.2 Å². The Labute approximate surface area is 112 Å². The van der Waals surface area contributed by atoms with E-state index in [2.05, 4.69) is 5.32 Å². The number of benzene rings is 1. The van der Waals surface area contributed by atoms with Crippen molar-refractivity contribution in [3.8, 4) is 5.75 Å². The Kier molecular flexibility index (Phi) is 4.09. The normalized spacial score (nSPS) is 18.7. The third-order valence-electron chi connectivity index (χ3n) is 3.31. The third-order valence-corrected chi connectivity index (χ3v) is 3.63. The maximum absolute atomic E-state index is 12.5. The molecule has 1 unspecified atom stereocenters. The van der Waals surface area contributed by atoms with Crippen molar-refractivity contribution in [3.05, 3.63) is 28.8 Å². The Balaban J connectivity index is 2.27. The Morgan fingerprint density at radius 2 is 2.33 bits per heavy atom. The molecule has 98 valence electrons. The molecule has 1 atom stereocenters. The summed E-state index contributed by atoms with van der Waals surface area (Å²) in [4.78, 5) is 14.2. The van der Waals surface area contributed by atoms with E-state index in [0.717, 1.165) is 19.5 Å². The van der Waals surface area contributed by atoms with Crippen molar-refractivity contribution >= 4 is 17.5 Å². The quantitative estimate of drug-likeness (QED) is 0.909. The first-order valence-corrected chi connectivity index (χ1v) is 6.33. The van der Waals surface area contributed by atoms with Gasteiger partial charge in [-0.05, 0) is 25.1 Å². The van der Waals surface area contributed by atoms with E-state index in [1.807, 2.05) is 7.05 Å². The van der Waals surface area contributed by atoms with Gasteiger partial charge in [-0.15, -0.1) is 0 Å². The summed E-state index contributed by atoms with van der Waals surface area (Å²) < 4.78 is 5.21. The second-order valence-electron chi connectivity index (χ2n) is 4.38. The van der Waals surface area contributed by atoms with Crippen molar-refractivity contribution in [2.45, 2.75) is 12.5 Å². The van der Waals surface area contributed by atoms with Gasteiger partial charge in [0.25, 0.3) is 5.91 Å². The van der Waals surface area contributed by atoms with E-state index in [4.69, 9.17) is 16.3 Å². The number of carbonyl (C=O) groups is 1. The highest BCUT2D eigenvalue weighted by Crippen LogP contribution is 2.28. The molecule has 1 aromatic rings. The number of methoxy groups -OCH3 is 1. The first-order valence-electron chi connectivity index (χ1n) is 5.95. The van der Waals surface area contributed by atoms with E-state index in [9.17, 15) is 4.79 Å². The lowest BCUT2D eigenvalue weighted by atomic mass is 10.1. The number of halogens is 1. The van der Waals surface area contributed by atoms with Gasteiger partial charge in [0.1, 0.15) is 11.3 Å². The Morgan fingerprint density at radius 1 is 1.56 bits per heavy atom. The smallest absolute Gasteiger partial charge is 0.259 e. The number of nitrogens with one attached hydrogen (secondary N) is 1. The topological polar surface area (TPSA) is 41.6 Å². The maximum Gasteiger partial charge on any atom is 0.259 e. The lowest BCUT2D eigenvalue weighted by Crippen LogP contribution is -2.38. The van der Waals surface area contributed by atoms with Crippen molar-refractivity contribution in [1.29, 1.82) is 0 Å². The summed E-state index contributed by atoms with van der Waals surface area (Å²) >= 11 is 6.11. The number of amides is 1. The summed E-state index contributed by atoms with van der Waals surface area (Å²) in [6.45, 7) is 1.77. The molecule has 1 amide bonds. The van der Waals surface area contributed by atoms with Crippen molar-refractivity contribution < 1.29 is 9.53 Å². The van der Waals surface area contributed by atoms with Crippen LogP contribution in [0.5, 0.6) is 5.75 Å². The number of carbonyl (C=O) groups excluding carboxylic acids is 1. The van der Waals surface area contributed by atoms with Gasteiger partial charge in [-0.1, -0.05) is 17.7 Å². The average Bonchev–Trinajstić information content (AvgIpc) is 2.90. The molecule has 1 aromatic carbocycles.